The third kappa shape index (κ3) is 7.55. The first-order valence-corrected chi connectivity index (χ1v) is 10.5. The molecule has 0 aliphatic heterocycles. The quantitative estimate of drug-likeness (QED) is 0.255. The lowest BCUT2D eigenvalue weighted by Crippen LogP contribution is -2.24. The van der Waals surface area contributed by atoms with E-state index in [-0.39, 0.29) is 6.42 Å². The Morgan fingerprint density at radius 3 is 2.39 bits per heavy atom. The van der Waals surface area contributed by atoms with E-state index in [1.165, 1.54) is 6.21 Å². The number of benzene rings is 3. The number of para-hydroxylation sites is 1. The summed E-state index contributed by atoms with van der Waals surface area (Å²) < 4.78 is 6.46. The van der Waals surface area contributed by atoms with E-state index < -0.39 is 11.8 Å². The van der Waals surface area contributed by atoms with Crippen LogP contribution in [0.4, 0.5) is 5.69 Å². The number of amides is 2. The van der Waals surface area contributed by atoms with Gasteiger partial charge in [0.2, 0.25) is 11.8 Å². The predicted molar refractivity (Wildman–Crippen MR) is 125 cm³/mol. The SMILES string of the molecule is O=C(CC(=O)Nc1ccccc1Br)NN=Cc1ccc(OCc2ccc(Cl)cc2)cc1. The highest BCUT2D eigenvalue weighted by Gasteiger charge is 2.10. The minimum absolute atomic E-state index is 0.337. The summed E-state index contributed by atoms with van der Waals surface area (Å²) in [5.41, 5.74) is 4.73. The highest BCUT2D eigenvalue weighted by molar-refractivity contribution is 9.10. The van der Waals surface area contributed by atoms with Crippen molar-refractivity contribution in [1.82, 2.24) is 5.43 Å². The second kappa shape index (κ2) is 11.3. The highest BCUT2D eigenvalue weighted by atomic mass is 79.9. The van der Waals surface area contributed by atoms with Gasteiger partial charge in [-0.1, -0.05) is 35.9 Å². The van der Waals surface area contributed by atoms with Crippen molar-refractivity contribution in [3.8, 4) is 5.75 Å². The minimum Gasteiger partial charge on any atom is -0.489 e. The Morgan fingerprint density at radius 1 is 0.968 bits per heavy atom. The third-order valence-corrected chi connectivity index (χ3v) is 5.01. The number of hydrogen-bond acceptors (Lipinski definition) is 4. The van der Waals surface area contributed by atoms with Crippen molar-refractivity contribution in [2.45, 2.75) is 13.0 Å². The molecule has 0 aliphatic rings. The Kier molecular flexibility index (Phi) is 8.20. The lowest BCUT2D eigenvalue weighted by atomic mass is 10.2. The molecule has 0 radical (unpaired) electrons. The maximum absolute atomic E-state index is 12.0. The molecule has 6 nitrogen and oxygen atoms in total. The van der Waals surface area contributed by atoms with E-state index >= 15 is 0 Å². The van der Waals surface area contributed by atoms with Crippen LogP contribution in [0.5, 0.6) is 5.75 Å². The van der Waals surface area contributed by atoms with Gasteiger partial charge in [0, 0.05) is 9.50 Å². The number of halogens is 2. The fourth-order valence-corrected chi connectivity index (χ4v) is 3.03. The number of hydrogen-bond donors (Lipinski definition) is 2. The number of carbonyl (C=O) groups excluding carboxylic acids is 2. The summed E-state index contributed by atoms with van der Waals surface area (Å²) in [7, 11) is 0. The van der Waals surface area contributed by atoms with Crippen LogP contribution in [0.2, 0.25) is 5.02 Å². The molecule has 3 rings (SSSR count). The van der Waals surface area contributed by atoms with Crippen LogP contribution in [0.15, 0.2) is 82.4 Å². The first-order chi connectivity index (χ1) is 15.0. The Balaban J connectivity index is 1.42. The van der Waals surface area contributed by atoms with Gasteiger partial charge in [0.15, 0.2) is 0 Å². The van der Waals surface area contributed by atoms with Gasteiger partial charge in [0.25, 0.3) is 0 Å². The molecule has 2 amide bonds. The van der Waals surface area contributed by atoms with Crippen molar-refractivity contribution in [3.05, 3.63) is 93.4 Å². The topological polar surface area (TPSA) is 79.8 Å². The van der Waals surface area contributed by atoms with E-state index in [0.717, 1.165) is 15.6 Å². The van der Waals surface area contributed by atoms with Gasteiger partial charge in [0.1, 0.15) is 18.8 Å². The summed E-state index contributed by atoms with van der Waals surface area (Å²) in [6.07, 6.45) is 1.16. The number of nitrogens with one attached hydrogen (secondary N) is 2. The van der Waals surface area contributed by atoms with Crippen molar-refractivity contribution in [2.75, 3.05) is 5.32 Å². The van der Waals surface area contributed by atoms with Gasteiger partial charge < -0.3 is 10.1 Å². The van der Waals surface area contributed by atoms with Gasteiger partial charge in [-0.25, -0.2) is 5.43 Å². The zero-order valence-corrected chi connectivity index (χ0v) is 18.7. The molecule has 3 aromatic rings. The number of ether oxygens (including phenoxy) is 1. The van der Waals surface area contributed by atoms with E-state index in [2.05, 4.69) is 31.8 Å². The van der Waals surface area contributed by atoms with Crippen LogP contribution in [0.25, 0.3) is 0 Å². The van der Waals surface area contributed by atoms with E-state index in [1.54, 1.807) is 18.2 Å². The number of carbonyl (C=O) groups is 2. The van der Waals surface area contributed by atoms with Gasteiger partial charge in [-0.2, -0.15) is 5.10 Å². The lowest BCUT2D eigenvalue weighted by molar-refractivity contribution is -0.126. The molecule has 158 valence electrons. The second-order valence-corrected chi connectivity index (χ2v) is 7.77. The summed E-state index contributed by atoms with van der Waals surface area (Å²) in [6, 6.07) is 21.9. The first kappa shape index (κ1) is 22.5. The number of hydrazone groups is 1. The Morgan fingerprint density at radius 2 is 1.68 bits per heavy atom. The zero-order valence-electron chi connectivity index (χ0n) is 16.3. The Labute approximate surface area is 193 Å². The Bertz CT molecular complexity index is 1070. The van der Waals surface area contributed by atoms with Crippen molar-refractivity contribution < 1.29 is 14.3 Å². The van der Waals surface area contributed by atoms with Crippen LogP contribution in [0.1, 0.15) is 17.5 Å². The van der Waals surface area contributed by atoms with Gasteiger partial charge in [-0.15, -0.1) is 0 Å². The predicted octanol–water partition coefficient (Wildman–Crippen LogP) is 5.16. The van der Waals surface area contributed by atoms with E-state index in [4.69, 9.17) is 16.3 Å². The van der Waals surface area contributed by atoms with Crippen molar-refractivity contribution in [1.29, 1.82) is 0 Å². The fraction of sp³-hybridized carbons (Fsp3) is 0.0870. The molecule has 8 heteroatoms. The maximum Gasteiger partial charge on any atom is 0.249 e. The molecule has 31 heavy (non-hydrogen) atoms. The van der Waals surface area contributed by atoms with Crippen molar-refractivity contribution >= 4 is 51.2 Å². The highest BCUT2D eigenvalue weighted by Crippen LogP contribution is 2.21. The van der Waals surface area contributed by atoms with Crippen molar-refractivity contribution in [3.63, 3.8) is 0 Å². The van der Waals surface area contributed by atoms with Crippen LogP contribution >= 0.6 is 27.5 Å². The lowest BCUT2D eigenvalue weighted by Gasteiger charge is -2.07. The van der Waals surface area contributed by atoms with Crippen LogP contribution < -0.4 is 15.5 Å². The van der Waals surface area contributed by atoms with Crippen LogP contribution in [0.3, 0.4) is 0 Å². The number of nitrogens with zero attached hydrogens (tertiary/aromatic N) is 1. The minimum atomic E-state index is -0.510. The summed E-state index contributed by atoms with van der Waals surface area (Å²) in [5.74, 6) is -0.231. The standard InChI is InChI=1S/C23H19BrClN3O3/c24-20-3-1-2-4-21(20)27-22(29)13-23(30)28-26-14-16-7-11-19(12-8-16)31-15-17-5-9-18(25)10-6-17/h1-12,14H,13,15H2,(H,27,29)(H,28,30). The van der Waals surface area contributed by atoms with Gasteiger partial charge in [0.05, 0.1) is 11.9 Å². The van der Waals surface area contributed by atoms with E-state index in [9.17, 15) is 9.59 Å². The summed E-state index contributed by atoms with van der Waals surface area (Å²) >= 11 is 9.21. The smallest absolute Gasteiger partial charge is 0.249 e. The van der Waals surface area contributed by atoms with Crippen LogP contribution in [-0.2, 0) is 16.2 Å². The molecule has 3 aromatic carbocycles. The van der Waals surface area contributed by atoms with Crippen LogP contribution in [0, 0.1) is 0 Å². The van der Waals surface area contributed by atoms with E-state index in [0.29, 0.717) is 23.1 Å². The van der Waals surface area contributed by atoms with Crippen LogP contribution in [-0.4, -0.2) is 18.0 Å². The second-order valence-electron chi connectivity index (χ2n) is 6.48. The third-order valence-electron chi connectivity index (χ3n) is 4.07. The molecule has 0 unspecified atom stereocenters. The molecular formula is C23H19BrClN3O3. The molecule has 0 aliphatic carbocycles. The average molecular weight is 501 g/mol. The monoisotopic (exact) mass is 499 g/mol. The molecule has 0 saturated carbocycles. The zero-order chi connectivity index (χ0) is 22.1. The molecular weight excluding hydrogens is 482 g/mol. The maximum atomic E-state index is 12.0. The van der Waals surface area contributed by atoms with Gasteiger partial charge >= 0.3 is 0 Å². The first-order valence-electron chi connectivity index (χ1n) is 9.33. The number of rotatable bonds is 8. The summed E-state index contributed by atoms with van der Waals surface area (Å²) in [6.45, 7) is 0.433. The fourth-order valence-electron chi connectivity index (χ4n) is 2.52. The molecule has 0 atom stereocenters. The summed E-state index contributed by atoms with van der Waals surface area (Å²) in [5, 5.41) is 7.23. The summed E-state index contributed by atoms with van der Waals surface area (Å²) in [4.78, 5) is 23.8. The Hall–Kier alpha value is -3.16. The van der Waals surface area contributed by atoms with Gasteiger partial charge in [-0.05, 0) is 75.6 Å². The molecule has 0 saturated heterocycles. The largest absolute Gasteiger partial charge is 0.489 e. The van der Waals surface area contributed by atoms with E-state index in [1.807, 2.05) is 54.6 Å². The normalized spacial score (nSPS) is 10.6. The molecule has 0 heterocycles. The molecule has 0 bridgehead atoms. The molecule has 0 fully saturated rings. The average Bonchev–Trinajstić information content (AvgIpc) is 2.76. The molecule has 0 aromatic heterocycles. The number of anilines is 1. The molecule has 2 N–H and O–H groups in total. The van der Waals surface area contributed by atoms with Gasteiger partial charge in [-0.3, -0.25) is 9.59 Å². The molecule has 0 spiro atoms. The van der Waals surface area contributed by atoms with Crippen molar-refractivity contribution in [2.24, 2.45) is 5.10 Å².